The molecule has 1 amide bonds. The maximum Gasteiger partial charge on any atom is 0.273 e. The Kier molecular flexibility index (Phi) is 5.44. The average Bonchev–Trinajstić information content (AvgIpc) is 3.11. The van der Waals surface area contributed by atoms with Crippen LogP contribution in [0, 0.1) is 0 Å². The van der Waals surface area contributed by atoms with Gasteiger partial charge in [-0.05, 0) is 13.0 Å². The highest BCUT2D eigenvalue weighted by atomic mass is 16.2. The summed E-state index contributed by atoms with van der Waals surface area (Å²) in [7, 11) is 0. The first-order valence-corrected chi connectivity index (χ1v) is 8.12. The fourth-order valence-electron chi connectivity index (χ4n) is 2.59. The largest absolute Gasteiger partial charge is 0.342 e. The van der Waals surface area contributed by atoms with Crippen molar-refractivity contribution in [2.45, 2.75) is 19.5 Å². The van der Waals surface area contributed by atoms with Crippen LogP contribution in [0.25, 0.3) is 0 Å². The fraction of sp³-hybridized carbons (Fsp3) is 0.533. The van der Waals surface area contributed by atoms with Gasteiger partial charge in [-0.3, -0.25) is 14.4 Å². The summed E-state index contributed by atoms with van der Waals surface area (Å²) >= 11 is 0. The Bertz CT molecular complexity index is 653. The Hall–Kier alpha value is -2.39. The van der Waals surface area contributed by atoms with Gasteiger partial charge in [0.2, 0.25) is 0 Å². The van der Waals surface area contributed by atoms with E-state index in [1.807, 2.05) is 6.92 Å². The zero-order valence-corrected chi connectivity index (χ0v) is 13.7. The van der Waals surface area contributed by atoms with Crippen molar-refractivity contribution in [3.05, 3.63) is 36.2 Å². The summed E-state index contributed by atoms with van der Waals surface area (Å²) in [6.07, 6.45) is 4.80. The van der Waals surface area contributed by atoms with Crippen LogP contribution in [0.15, 0.2) is 24.8 Å². The minimum atomic E-state index is -0.255. The number of carbonyl (C=O) groups is 1. The van der Waals surface area contributed by atoms with E-state index in [2.05, 4.69) is 35.8 Å². The molecule has 1 aliphatic rings. The highest BCUT2D eigenvalue weighted by Crippen LogP contribution is 2.08. The molecule has 0 aliphatic carbocycles. The van der Waals surface area contributed by atoms with Crippen molar-refractivity contribution in [1.82, 2.24) is 40.5 Å². The van der Waals surface area contributed by atoms with Crippen LogP contribution in [0.4, 0.5) is 0 Å². The molecule has 0 saturated carbocycles. The minimum Gasteiger partial charge on any atom is -0.342 e. The standard InChI is InChI=1S/C15H22N8O/c1-12(13-2-3-17-11-18-13)19-15(24)14-10-23(21-20-14)9-8-22-6-4-16-5-7-22/h2-3,10-12,16H,4-9H2,1H3,(H,19,24)/t12-/m0/s1. The number of nitrogens with one attached hydrogen (secondary N) is 2. The van der Waals surface area contributed by atoms with Crippen LogP contribution < -0.4 is 10.6 Å². The molecule has 24 heavy (non-hydrogen) atoms. The van der Waals surface area contributed by atoms with Gasteiger partial charge < -0.3 is 10.6 Å². The van der Waals surface area contributed by atoms with E-state index in [1.165, 1.54) is 6.33 Å². The lowest BCUT2D eigenvalue weighted by Gasteiger charge is -2.26. The number of carbonyl (C=O) groups excluding carboxylic acids is 1. The predicted molar refractivity (Wildman–Crippen MR) is 87.2 cm³/mol. The summed E-state index contributed by atoms with van der Waals surface area (Å²) in [4.78, 5) is 22.6. The van der Waals surface area contributed by atoms with Gasteiger partial charge >= 0.3 is 0 Å². The van der Waals surface area contributed by atoms with E-state index in [1.54, 1.807) is 23.1 Å². The zero-order chi connectivity index (χ0) is 16.8. The topological polar surface area (TPSA) is 101 Å². The van der Waals surface area contributed by atoms with E-state index in [0.29, 0.717) is 5.69 Å². The van der Waals surface area contributed by atoms with Gasteiger partial charge in [-0.1, -0.05) is 5.21 Å². The minimum absolute atomic E-state index is 0.216. The van der Waals surface area contributed by atoms with Gasteiger partial charge in [0.1, 0.15) is 6.33 Å². The number of aromatic nitrogens is 5. The van der Waals surface area contributed by atoms with Crippen molar-refractivity contribution in [2.75, 3.05) is 32.7 Å². The lowest BCUT2D eigenvalue weighted by Crippen LogP contribution is -2.44. The SMILES string of the molecule is C[C@H](NC(=O)c1cn(CCN2CCNCC2)nn1)c1ccncn1. The highest BCUT2D eigenvalue weighted by molar-refractivity contribution is 5.92. The molecule has 9 nitrogen and oxygen atoms in total. The molecule has 0 spiro atoms. The van der Waals surface area contributed by atoms with Crippen LogP contribution in [0.1, 0.15) is 29.1 Å². The molecule has 3 rings (SSSR count). The molecule has 0 bridgehead atoms. The molecule has 1 aliphatic heterocycles. The van der Waals surface area contributed by atoms with Crippen molar-refractivity contribution in [3.63, 3.8) is 0 Å². The highest BCUT2D eigenvalue weighted by Gasteiger charge is 2.16. The number of hydrogen-bond donors (Lipinski definition) is 2. The Morgan fingerprint density at radius 2 is 2.21 bits per heavy atom. The summed E-state index contributed by atoms with van der Waals surface area (Å²) in [6.45, 7) is 7.62. The quantitative estimate of drug-likeness (QED) is 0.734. The van der Waals surface area contributed by atoms with E-state index in [4.69, 9.17) is 0 Å². The Balaban J connectivity index is 1.51. The third kappa shape index (κ3) is 4.33. The molecule has 0 unspecified atom stereocenters. The maximum atomic E-state index is 12.3. The summed E-state index contributed by atoms with van der Waals surface area (Å²) in [5.74, 6) is -0.255. The van der Waals surface area contributed by atoms with Crippen molar-refractivity contribution < 1.29 is 4.79 Å². The number of hydrogen-bond acceptors (Lipinski definition) is 7. The monoisotopic (exact) mass is 330 g/mol. The molecule has 1 saturated heterocycles. The van der Waals surface area contributed by atoms with Gasteiger partial charge in [-0.25, -0.2) is 9.97 Å². The van der Waals surface area contributed by atoms with Crippen molar-refractivity contribution >= 4 is 5.91 Å². The van der Waals surface area contributed by atoms with Gasteiger partial charge in [-0.2, -0.15) is 0 Å². The van der Waals surface area contributed by atoms with Crippen molar-refractivity contribution in [1.29, 1.82) is 0 Å². The summed E-state index contributed by atoms with van der Waals surface area (Å²) < 4.78 is 1.71. The number of amides is 1. The molecule has 1 fully saturated rings. The molecule has 0 aromatic carbocycles. The third-order valence-corrected chi connectivity index (χ3v) is 4.02. The summed E-state index contributed by atoms with van der Waals surface area (Å²) in [5, 5.41) is 14.2. The zero-order valence-electron chi connectivity index (χ0n) is 13.7. The van der Waals surface area contributed by atoms with Crippen LogP contribution in [-0.2, 0) is 6.54 Å². The number of piperazine rings is 1. The van der Waals surface area contributed by atoms with Crippen LogP contribution in [-0.4, -0.2) is 68.5 Å². The van der Waals surface area contributed by atoms with E-state index in [-0.39, 0.29) is 11.9 Å². The molecule has 3 heterocycles. The third-order valence-electron chi connectivity index (χ3n) is 4.02. The van der Waals surface area contributed by atoms with Gasteiger partial charge in [0.15, 0.2) is 5.69 Å². The second-order valence-electron chi connectivity index (χ2n) is 5.79. The molecule has 0 radical (unpaired) electrons. The molecule has 128 valence electrons. The van der Waals surface area contributed by atoms with Crippen molar-refractivity contribution in [3.8, 4) is 0 Å². The molecule has 9 heteroatoms. The van der Waals surface area contributed by atoms with Gasteiger partial charge in [0, 0.05) is 38.9 Å². The van der Waals surface area contributed by atoms with Gasteiger partial charge in [0.05, 0.1) is 24.5 Å². The van der Waals surface area contributed by atoms with Crippen molar-refractivity contribution in [2.24, 2.45) is 0 Å². The second kappa shape index (κ2) is 7.93. The first kappa shape index (κ1) is 16.5. The molecule has 2 aromatic heterocycles. The van der Waals surface area contributed by atoms with Crippen LogP contribution in [0.2, 0.25) is 0 Å². The number of rotatable bonds is 6. The number of nitrogens with zero attached hydrogens (tertiary/aromatic N) is 6. The second-order valence-corrected chi connectivity index (χ2v) is 5.79. The molecule has 1 atom stereocenters. The van der Waals surface area contributed by atoms with Gasteiger partial charge in [-0.15, -0.1) is 5.10 Å². The predicted octanol–water partition coefficient (Wildman–Crippen LogP) is -0.536. The Morgan fingerprint density at radius 1 is 1.38 bits per heavy atom. The first-order chi connectivity index (χ1) is 11.7. The molecular formula is C15H22N8O. The molecular weight excluding hydrogens is 308 g/mol. The maximum absolute atomic E-state index is 12.3. The normalized spacial score (nSPS) is 16.7. The van der Waals surface area contributed by atoms with E-state index in [0.717, 1.165) is 45.0 Å². The van der Waals surface area contributed by atoms with E-state index in [9.17, 15) is 4.79 Å². The van der Waals surface area contributed by atoms with Crippen LogP contribution in [0.5, 0.6) is 0 Å². The van der Waals surface area contributed by atoms with Crippen LogP contribution in [0.3, 0.4) is 0 Å². The fourth-order valence-corrected chi connectivity index (χ4v) is 2.59. The smallest absolute Gasteiger partial charge is 0.273 e. The molecule has 2 N–H and O–H groups in total. The lowest BCUT2D eigenvalue weighted by molar-refractivity contribution is 0.0934. The van der Waals surface area contributed by atoms with E-state index < -0.39 is 0 Å². The van der Waals surface area contributed by atoms with Crippen LogP contribution >= 0.6 is 0 Å². The van der Waals surface area contributed by atoms with E-state index >= 15 is 0 Å². The average molecular weight is 330 g/mol. The lowest BCUT2D eigenvalue weighted by atomic mass is 10.2. The summed E-state index contributed by atoms with van der Waals surface area (Å²) in [6, 6.07) is 1.56. The van der Waals surface area contributed by atoms with Gasteiger partial charge in [0.25, 0.3) is 5.91 Å². The Labute approximate surface area is 140 Å². The Morgan fingerprint density at radius 3 is 2.96 bits per heavy atom. The summed E-state index contributed by atoms with van der Waals surface area (Å²) in [5.41, 5.74) is 1.07. The first-order valence-electron chi connectivity index (χ1n) is 8.12. The molecule has 2 aromatic rings.